The third-order valence-corrected chi connectivity index (χ3v) is 3.62. The van der Waals surface area contributed by atoms with Crippen LogP contribution in [0.2, 0.25) is 0 Å². The van der Waals surface area contributed by atoms with Crippen LogP contribution in [0.5, 0.6) is 11.5 Å². The Balaban J connectivity index is 1.84. The summed E-state index contributed by atoms with van der Waals surface area (Å²) in [6.45, 7) is 1.26. The van der Waals surface area contributed by atoms with Crippen LogP contribution >= 0.6 is 11.3 Å². The van der Waals surface area contributed by atoms with E-state index in [2.05, 4.69) is 10.3 Å². The molecule has 0 unspecified atom stereocenters. The minimum absolute atomic E-state index is 0.205. The topological polar surface area (TPSA) is 69.7 Å². The first-order valence-electron chi connectivity index (χ1n) is 6.71. The normalized spacial score (nSPS) is 10.3. The van der Waals surface area contributed by atoms with E-state index in [1.54, 1.807) is 19.6 Å². The summed E-state index contributed by atoms with van der Waals surface area (Å²) in [6.07, 6.45) is 0. The minimum Gasteiger partial charge on any atom is -0.497 e. The molecule has 118 valence electrons. The van der Waals surface area contributed by atoms with Gasteiger partial charge in [-0.15, -0.1) is 11.3 Å². The zero-order valence-electron chi connectivity index (χ0n) is 12.5. The molecule has 22 heavy (non-hydrogen) atoms. The smallest absolute Gasteiger partial charge is 0.270 e. The Kier molecular flexibility index (Phi) is 6.17. The molecule has 0 saturated heterocycles. The molecule has 1 amide bonds. The van der Waals surface area contributed by atoms with Crippen LogP contribution in [0.4, 0.5) is 0 Å². The van der Waals surface area contributed by atoms with E-state index in [9.17, 15) is 4.79 Å². The van der Waals surface area contributed by atoms with Crippen molar-refractivity contribution in [3.63, 3.8) is 0 Å². The van der Waals surface area contributed by atoms with Crippen LogP contribution in [-0.4, -0.2) is 38.3 Å². The van der Waals surface area contributed by atoms with E-state index in [-0.39, 0.29) is 5.91 Å². The van der Waals surface area contributed by atoms with Crippen LogP contribution in [0.3, 0.4) is 0 Å². The SMILES string of the molecule is COCCNC(=O)c1csc(COc2ccc(OC)cc2)n1. The molecule has 2 aromatic rings. The molecular weight excluding hydrogens is 304 g/mol. The van der Waals surface area contributed by atoms with Gasteiger partial charge in [-0.1, -0.05) is 0 Å². The first kappa shape index (κ1) is 16.3. The lowest BCUT2D eigenvalue weighted by molar-refractivity contribution is 0.0932. The monoisotopic (exact) mass is 322 g/mol. The molecule has 0 aliphatic carbocycles. The number of rotatable bonds is 8. The largest absolute Gasteiger partial charge is 0.497 e. The van der Waals surface area contributed by atoms with Gasteiger partial charge < -0.3 is 19.5 Å². The maximum Gasteiger partial charge on any atom is 0.270 e. The molecule has 0 aliphatic heterocycles. The van der Waals surface area contributed by atoms with E-state index in [1.165, 1.54) is 11.3 Å². The van der Waals surface area contributed by atoms with E-state index in [0.717, 1.165) is 16.5 Å². The predicted octanol–water partition coefficient (Wildman–Crippen LogP) is 2.11. The highest BCUT2D eigenvalue weighted by atomic mass is 32.1. The van der Waals surface area contributed by atoms with Crippen LogP contribution in [0, 0.1) is 0 Å². The van der Waals surface area contributed by atoms with E-state index < -0.39 is 0 Å². The Hall–Kier alpha value is -2.12. The molecule has 6 nitrogen and oxygen atoms in total. The fourth-order valence-electron chi connectivity index (χ4n) is 1.66. The van der Waals surface area contributed by atoms with Gasteiger partial charge in [-0.2, -0.15) is 0 Å². The van der Waals surface area contributed by atoms with E-state index >= 15 is 0 Å². The average Bonchev–Trinajstić information content (AvgIpc) is 3.02. The third kappa shape index (κ3) is 4.71. The van der Waals surface area contributed by atoms with Crippen LogP contribution in [0.1, 0.15) is 15.5 Å². The molecule has 1 heterocycles. The zero-order valence-corrected chi connectivity index (χ0v) is 13.3. The van der Waals surface area contributed by atoms with Crippen molar-refractivity contribution in [2.24, 2.45) is 0 Å². The number of carbonyl (C=O) groups excluding carboxylic acids is 1. The van der Waals surface area contributed by atoms with Gasteiger partial charge in [0, 0.05) is 19.0 Å². The van der Waals surface area contributed by atoms with Gasteiger partial charge in [-0.05, 0) is 24.3 Å². The molecule has 1 aromatic heterocycles. The highest BCUT2D eigenvalue weighted by molar-refractivity contribution is 7.09. The molecule has 7 heteroatoms. The summed E-state index contributed by atoms with van der Waals surface area (Å²) in [5, 5.41) is 5.19. The van der Waals surface area contributed by atoms with Crippen LogP contribution in [0.15, 0.2) is 29.6 Å². The Morgan fingerprint density at radius 3 is 2.64 bits per heavy atom. The maximum absolute atomic E-state index is 11.8. The number of hydrogen-bond donors (Lipinski definition) is 1. The van der Waals surface area contributed by atoms with Crippen molar-refractivity contribution in [2.45, 2.75) is 6.61 Å². The summed E-state index contributed by atoms with van der Waals surface area (Å²) in [5.41, 5.74) is 0.398. The Morgan fingerprint density at radius 2 is 1.95 bits per heavy atom. The van der Waals surface area contributed by atoms with Gasteiger partial charge in [0.1, 0.15) is 28.8 Å². The van der Waals surface area contributed by atoms with Crippen LogP contribution in [0.25, 0.3) is 0 Å². The number of benzene rings is 1. The third-order valence-electron chi connectivity index (χ3n) is 2.80. The molecule has 0 saturated carbocycles. The lowest BCUT2D eigenvalue weighted by Crippen LogP contribution is -2.27. The quantitative estimate of drug-likeness (QED) is 0.754. The number of amides is 1. The maximum atomic E-state index is 11.8. The van der Waals surface area contributed by atoms with Gasteiger partial charge in [0.05, 0.1) is 13.7 Å². The lowest BCUT2D eigenvalue weighted by atomic mass is 10.3. The van der Waals surface area contributed by atoms with Crippen molar-refractivity contribution in [2.75, 3.05) is 27.4 Å². The van der Waals surface area contributed by atoms with Crippen LogP contribution in [-0.2, 0) is 11.3 Å². The molecular formula is C15H18N2O4S. The van der Waals surface area contributed by atoms with Gasteiger partial charge in [0.25, 0.3) is 5.91 Å². The summed E-state index contributed by atoms with van der Waals surface area (Å²) >= 11 is 1.39. The van der Waals surface area contributed by atoms with E-state index in [1.807, 2.05) is 24.3 Å². The molecule has 0 radical (unpaired) electrons. The standard InChI is InChI=1S/C15H18N2O4S/c1-19-8-7-16-15(18)13-10-22-14(17-13)9-21-12-5-3-11(20-2)4-6-12/h3-6,10H,7-9H2,1-2H3,(H,16,18). The van der Waals surface area contributed by atoms with E-state index in [0.29, 0.717) is 25.5 Å². The van der Waals surface area contributed by atoms with Crippen molar-refractivity contribution in [1.82, 2.24) is 10.3 Å². The number of ether oxygens (including phenoxy) is 3. The number of thiazole rings is 1. The molecule has 0 bridgehead atoms. The van der Waals surface area contributed by atoms with E-state index in [4.69, 9.17) is 14.2 Å². The number of methoxy groups -OCH3 is 2. The number of aromatic nitrogens is 1. The number of carbonyl (C=O) groups is 1. The van der Waals surface area contributed by atoms with Crippen molar-refractivity contribution in [3.05, 3.63) is 40.3 Å². The minimum atomic E-state index is -0.205. The first-order chi connectivity index (χ1) is 10.7. The Morgan fingerprint density at radius 1 is 1.23 bits per heavy atom. The summed E-state index contributed by atoms with van der Waals surface area (Å²) in [4.78, 5) is 16.1. The second kappa shape index (κ2) is 8.35. The average molecular weight is 322 g/mol. The molecule has 2 rings (SSSR count). The van der Waals surface area contributed by atoms with Crippen molar-refractivity contribution in [1.29, 1.82) is 0 Å². The first-order valence-corrected chi connectivity index (χ1v) is 7.59. The fourth-order valence-corrected chi connectivity index (χ4v) is 2.34. The number of nitrogens with zero attached hydrogens (tertiary/aromatic N) is 1. The Bertz CT molecular complexity index is 598. The number of hydrogen-bond acceptors (Lipinski definition) is 6. The summed E-state index contributed by atoms with van der Waals surface area (Å²) in [6, 6.07) is 7.30. The fraction of sp³-hybridized carbons (Fsp3) is 0.333. The highest BCUT2D eigenvalue weighted by Gasteiger charge is 2.10. The predicted molar refractivity (Wildman–Crippen MR) is 83.6 cm³/mol. The van der Waals surface area contributed by atoms with Gasteiger partial charge in [-0.3, -0.25) is 4.79 Å². The van der Waals surface area contributed by atoms with Gasteiger partial charge in [0.2, 0.25) is 0 Å². The molecule has 0 fully saturated rings. The molecule has 1 aromatic carbocycles. The summed E-state index contributed by atoms with van der Waals surface area (Å²) in [7, 11) is 3.20. The molecule has 0 atom stereocenters. The summed E-state index contributed by atoms with van der Waals surface area (Å²) < 4.78 is 15.6. The zero-order chi connectivity index (χ0) is 15.8. The van der Waals surface area contributed by atoms with Crippen LogP contribution < -0.4 is 14.8 Å². The second-order valence-electron chi connectivity index (χ2n) is 4.34. The lowest BCUT2D eigenvalue weighted by Gasteiger charge is -2.05. The molecule has 0 spiro atoms. The van der Waals surface area contributed by atoms with Crippen molar-refractivity contribution < 1.29 is 19.0 Å². The van der Waals surface area contributed by atoms with Gasteiger partial charge >= 0.3 is 0 Å². The van der Waals surface area contributed by atoms with Gasteiger partial charge in [-0.25, -0.2) is 4.98 Å². The second-order valence-corrected chi connectivity index (χ2v) is 5.28. The van der Waals surface area contributed by atoms with Crippen molar-refractivity contribution >= 4 is 17.2 Å². The van der Waals surface area contributed by atoms with Gasteiger partial charge in [0.15, 0.2) is 0 Å². The number of nitrogens with one attached hydrogen (secondary N) is 1. The molecule has 1 N–H and O–H groups in total. The molecule has 0 aliphatic rings. The van der Waals surface area contributed by atoms with Crippen molar-refractivity contribution in [3.8, 4) is 11.5 Å². The highest BCUT2D eigenvalue weighted by Crippen LogP contribution is 2.19. The Labute approximate surface area is 133 Å². The summed E-state index contributed by atoms with van der Waals surface area (Å²) in [5.74, 6) is 1.29.